The third kappa shape index (κ3) is 3.84. The molecule has 2 atom stereocenters. The summed E-state index contributed by atoms with van der Waals surface area (Å²) in [6.07, 6.45) is 1.79. The number of hydrogen-bond donors (Lipinski definition) is 1. The van der Waals surface area contributed by atoms with E-state index in [4.69, 9.17) is 0 Å². The van der Waals surface area contributed by atoms with Gasteiger partial charge >= 0.3 is 0 Å². The number of nitrogens with one attached hydrogen (secondary N) is 1. The van der Waals surface area contributed by atoms with Crippen LogP contribution in [0.3, 0.4) is 0 Å². The number of hydrogen-bond acceptors (Lipinski definition) is 5. The van der Waals surface area contributed by atoms with Gasteiger partial charge in [0.15, 0.2) is 0 Å². The molecule has 2 heterocycles. The van der Waals surface area contributed by atoms with Crippen molar-refractivity contribution in [2.75, 3.05) is 11.9 Å². The van der Waals surface area contributed by atoms with Gasteiger partial charge in [-0.2, -0.15) is 5.10 Å². The van der Waals surface area contributed by atoms with Gasteiger partial charge in [0, 0.05) is 42.6 Å². The summed E-state index contributed by atoms with van der Waals surface area (Å²) >= 11 is 1.28. The molecule has 0 saturated carbocycles. The van der Waals surface area contributed by atoms with Gasteiger partial charge in [-0.3, -0.25) is 4.79 Å². The zero-order valence-electron chi connectivity index (χ0n) is 17.3. The molecule has 1 spiro atoms. The molecule has 5 nitrogen and oxygen atoms in total. The summed E-state index contributed by atoms with van der Waals surface area (Å²) in [4.78, 5) is 23.3. The number of carbonyl (C=O) groups excluding carboxylic acids is 2. The minimum absolute atomic E-state index is 0.0339. The highest BCUT2D eigenvalue weighted by atomic mass is 32.2. The number of anilines is 1. The molecule has 2 aliphatic rings. The Balaban J connectivity index is 1.82. The van der Waals surface area contributed by atoms with Crippen LogP contribution in [0.15, 0.2) is 47.6 Å². The van der Waals surface area contributed by atoms with Crippen LogP contribution >= 0.6 is 11.8 Å². The number of thioether (sulfide) groups is 1. The Morgan fingerprint density at radius 3 is 2.74 bits per heavy atom. The Labute approximate surface area is 183 Å². The van der Waals surface area contributed by atoms with Crippen molar-refractivity contribution in [2.24, 2.45) is 11.0 Å². The van der Waals surface area contributed by atoms with Crippen LogP contribution < -0.4 is 5.32 Å². The maximum absolute atomic E-state index is 14.6. The van der Waals surface area contributed by atoms with Crippen LogP contribution in [0.1, 0.15) is 44.2 Å². The van der Waals surface area contributed by atoms with Crippen molar-refractivity contribution in [1.29, 1.82) is 0 Å². The molecule has 0 bridgehead atoms. The highest BCUT2D eigenvalue weighted by Crippen LogP contribution is 2.57. The summed E-state index contributed by atoms with van der Waals surface area (Å²) in [5.41, 5.74) is 1.77. The van der Waals surface area contributed by atoms with Crippen molar-refractivity contribution >= 4 is 34.2 Å². The average Bonchev–Trinajstić information content (AvgIpc) is 3.13. The Hall–Kier alpha value is -2.74. The lowest BCUT2D eigenvalue weighted by molar-refractivity contribution is -0.134. The molecule has 0 fully saturated rings. The number of Topliss-reactive ketones (excluding diaryl/α,β-unsaturated/α-hetero) is 1. The summed E-state index contributed by atoms with van der Waals surface area (Å²) in [5.74, 6) is -1.43. The number of para-hydroxylation sites is 1. The van der Waals surface area contributed by atoms with Crippen LogP contribution in [0.2, 0.25) is 0 Å². The summed E-state index contributed by atoms with van der Waals surface area (Å²) in [7, 11) is 0. The van der Waals surface area contributed by atoms with E-state index >= 15 is 0 Å². The van der Waals surface area contributed by atoms with Crippen LogP contribution in [-0.2, 0) is 14.5 Å². The average molecular weight is 444 g/mol. The standard InChI is InChI=1S/C23H23F2N3O2S/c1-14(29)6-5-7-16-13-26-21-9-4-3-8-19(21)23(16)28(15(2)30)27-22(31-23)18-12-17(24)10-11-20(18)25/h3-4,8-12,16,26H,5-7,13H2,1-2H3/t16-,23+/m0/s1. The van der Waals surface area contributed by atoms with Crippen molar-refractivity contribution in [2.45, 2.75) is 38.0 Å². The van der Waals surface area contributed by atoms with E-state index in [1.807, 2.05) is 24.3 Å². The molecule has 31 heavy (non-hydrogen) atoms. The maximum atomic E-state index is 14.6. The first-order valence-electron chi connectivity index (χ1n) is 10.2. The van der Waals surface area contributed by atoms with E-state index in [1.165, 1.54) is 23.7 Å². The molecule has 1 N–H and O–H groups in total. The molecular formula is C23H23F2N3O2S. The second kappa shape index (κ2) is 8.42. The summed E-state index contributed by atoms with van der Waals surface area (Å²) in [5, 5.41) is 9.58. The molecule has 0 aromatic heterocycles. The lowest BCUT2D eigenvalue weighted by atomic mass is 9.83. The summed E-state index contributed by atoms with van der Waals surface area (Å²) in [6, 6.07) is 10.9. The first kappa shape index (κ1) is 21.5. The van der Waals surface area contributed by atoms with Crippen molar-refractivity contribution in [3.05, 3.63) is 65.2 Å². The third-order valence-corrected chi connectivity index (χ3v) is 7.23. The molecule has 4 rings (SSSR count). The molecule has 0 aliphatic carbocycles. The van der Waals surface area contributed by atoms with Crippen molar-refractivity contribution in [3.63, 3.8) is 0 Å². The van der Waals surface area contributed by atoms with Gasteiger partial charge in [0.25, 0.3) is 0 Å². The molecule has 0 radical (unpaired) electrons. The van der Waals surface area contributed by atoms with Gasteiger partial charge in [-0.25, -0.2) is 13.8 Å². The number of benzene rings is 2. The minimum atomic E-state index is -0.904. The summed E-state index contributed by atoms with van der Waals surface area (Å²) in [6.45, 7) is 3.55. The smallest absolute Gasteiger partial charge is 0.241 e. The number of halogens is 2. The highest BCUT2D eigenvalue weighted by molar-refractivity contribution is 8.15. The van der Waals surface area contributed by atoms with E-state index in [1.54, 1.807) is 6.92 Å². The van der Waals surface area contributed by atoms with E-state index in [0.29, 0.717) is 25.8 Å². The molecule has 8 heteroatoms. The number of amides is 1. The van der Waals surface area contributed by atoms with Crippen LogP contribution in [0, 0.1) is 17.6 Å². The lowest BCUT2D eigenvalue weighted by Crippen LogP contribution is -2.51. The number of carbonyl (C=O) groups is 2. The number of fused-ring (bicyclic) bond motifs is 2. The Morgan fingerprint density at radius 1 is 1.23 bits per heavy atom. The number of rotatable bonds is 5. The first-order chi connectivity index (χ1) is 14.8. The summed E-state index contributed by atoms with van der Waals surface area (Å²) < 4.78 is 28.5. The Kier molecular flexibility index (Phi) is 5.83. The zero-order chi connectivity index (χ0) is 22.2. The van der Waals surface area contributed by atoms with Crippen LogP contribution in [0.25, 0.3) is 0 Å². The first-order valence-corrected chi connectivity index (χ1v) is 11.0. The monoisotopic (exact) mass is 443 g/mol. The molecule has 162 valence electrons. The number of nitrogens with zero attached hydrogens (tertiary/aromatic N) is 2. The molecule has 2 aliphatic heterocycles. The van der Waals surface area contributed by atoms with Crippen molar-refractivity contribution < 1.29 is 18.4 Å². The number of hydrazone groups is 1. The van der Waals surface area contributed by atoms with Gasteiger partial charge in [0.05, 0.1) is 0 Å². The van der Waals surface area contributed by atoms with Gasteiger partial charge in [-0.05, 0) is 44.0 Å². The van der Waals surface area contributed by atoms with Gasteiger partial charge in [0.2, 0.25) is 5.91 Å². The molecule has 2 aromatic carbocycles. The SMILES string of the molecule is CC(=O)CCC[C@H]1CNc2ccccc2[C@]12SC(c1cc(F)ccc1F)=NN2C(C)=O. The van der Waals surface area contributed by atoms with Gasteiger partial charge in [0.1, 0.15) is 27.3 Å². The predicted octanol–water partition coefficient (Wildman–Crippen LogP) is 4.88. The van der Waals surface area contributed by atoms with E-state index in [9.17, 15) is 18.4 Å². The highest BCUT2D eigenvalue weighted by Gasteiger charge is 2.55. The van der Waals surface area contributed by atoms with E-state index in [-0.39, 0.29) is 28.2 Å². The lowest BCUT2D eigenvalue weighted by Gasteiger charge is -2.46. The fraction of sp³-hybridized carbons (Fsp3) is 0.348. The zero-order valence-corrected chi connectivity index (χ0v) is 18.1. The Morgan fingerprint density at radius 2 is 2.00 bits per heavy atom. The van der Waals surface area contributed by atoms with E-state index in [0.717, 1.165) is 29.4 Å². The molecular weight excluding hydrogens is 420 g/mol. The van der Waals surface area contributed by atoms with Gasteiger partial charge in [-0.15, -0.1) is 0 Å². The van der Waals surface area contributed by atoms with Crippen LogP contribution in [0.4, 0.5) is 14.5 Å². The van der Waals surface area contributed by atoms with Gasteiger partial charge in [-0.1, -0.05) is 30.0 Å². The number of ketones is 1. The Bertz CT molecular complexity index is 1070. The van der Waals surface area contributed by atoms with E-state index < -0.39 is 16.5 Å². The molecule has 0 saturated heterocycles. The quantitative estimate of drug-likeness (QED) is 0.716. The normalized spacial score (nSPS) is 22.1. The molecule has 0 unspecified atom stereocenters. The van der Waals surface area contributed by atoms with Crippen molar-refractivity contribution in [1.82, 2.24) is 5.01 Å². The largest absolute Gasteiger partial charge is 0.384 e. The second-order valence-corrected chi connectivity index (χ2v) is 9.09. The van der Waals surface area contributed by atoms with Gasteiger partial charge < -0.3 is 10.1 Å². The minimum Gasteiger partial charge on any atom is -0.384 e. The van der Waals surface area contributed by atoms with Crippen molar-refractivity contribution in [3.8, 4) is 0 Å². The van der Waals surface area contributed by atoms with Crippen LogP contribution in [-0.4, -0.2) is 28.3 Å². The second-order valence-electron chi connectivity index (χ2n) is 7.88. The topological polar surface area (TPSA) is 61.8 Å². The fourth-order valence-corrected chi connectivity index (χ4v) is 5.91. The fourth-order valence-electron chi connectivity index (χ4n) is 4.31. The molecule has 1 amide bonds. The maximum Gasteiger partial charge on any atom is 0.241 e. The third-order valence-electron chi connectivity index (χ3n) is 5.70. The van der Waals surface area contributed by atoms with Crippen LogP contribution in [0.5, 0.6) is 0 Å². The van der Waals surface area contributed by atoms with E-state index in [2.05, 4.69) is 10.4 Å². The molecule has 2 aromatic rings. The predicted molar refractivity (Wildman–Crippen MR) is 118 cm³/mol.